The lowest BCUT2D eigenvalue weighted by Gasteiger charge is -2.26. The second-order valence-corrected chi connectivity index (χ2v) is 10.5. The summed E-state index contributed by atoms with van der Waals surface area (Å²) in [6.07, 6.45) is 2.40. The summed E-state index contributed by atoms with van der Waals surface area (Å²) in [5.41, 5.74) is 6.97. The highest BCUT2D eigenvalue weighted by Gasteiger charge is 2.26. The van der Waals surface area contributed by atoms with Crippen LogP contribution in [-0.2, 0) is 0 Å². The van der Waals surface area contributed by atoms with Crippen LogP contribution in [0.25, 0.3) is 5.57 Å². The Balaban J connectivity index is 2.00. The van der Waals surface area contributed by atoms with Gasteiger partial charge in [-0.2, -0.15) is 0 Å². The van der Waals surface area contributed by atoms with Crippen LogP contribution in [0.3, 0.4) is 0 Å². The van der Waals surface area contributed by atoms with Crippen LogP contribution in [0.1, 0.15) is 26.3 Å². The van der Waals surface area contributed by atoms with Gasteiger partial charge in [-0.15, -0.1) is 0 Å². The zero-order chi connectivity index (χ0) is 21.3. The average Bonchev–Trinajstić information content (AvgIpc) is 3.01. The summed E-state index contributed by atoms with van der Waals surface area (Å²) in [6.45, 7) is 6.85. The molecule has 0 radical (unpaired) electrons. The second-order valence-electron chi connectivity index (χ2n) is 8.28. The van der Waals surface area contributed by atoms with Gasteiger partial charge in [-0.3, -0.25) is 0 Å². The van der Waals surface area contributed by atoms with E-state index in [-0.39, 0.29) is 0 Å². The van der Waals surface area contributed by atoms with Crippen molar-refractivity contribution < 1.29 is 0 Å². The smallest absolute Gasteiger partial charge is 0.0368 e. The number of nitrogens with zero attached hydrogens (tertiary/aromatic N) is 1. The molecule has 3 aromatic rings. The van der Waals surface area contributed by atoms with E-state index in [0.29, 0.717) is 5.92 Å². The lowest BCUT2D eigenvalue weighted by Crippen LogP contribution is -2.25. The molecule has 0 saturated heterocycles. The summed E-state index contributed by atoms with van der Waals surface area (Å²) in [7, 11) is 3.59. The van der Waals surface area contributed by atoms with Gasteiger partial charge in [-0.25, -0.2) is 0 Å². The number of allylic oxidation sites excluding steroid dienone is 4. The molecule has 1 aliphatic carbocycles. The normalized spacial score (nSPS) is 16.2. The van der Waals surface area contributed by atoms with Gasteiger partial charge in [-0.1, -0.05) is 85.3 Å². The summed E-state index contributed by atoms with van der Waals surface area (Å²) >= 11 is 0. The third-order valence-corrected chi connectivity index (χ3v) is 8.49. The van der Waals surface area contributed by atoms with E-state index < -0.39 is 7.92 Å². The number of benzene rings is 3. The molecule has 2 heteroatoms. The van der Waals surface area contributed by atoms with Crippen LogP contribution < -0.4 is 20.8 Å². The van der Waals surface area contributed by atoms with Gasteiger partial charge in [0.2, 0.25) is 0 Å². The van der Waals surface area contributed by atoms with Crippen molar-refractivity contribution >= 4 is 35.1 Å². The highest BCUT2D eigenvalue weighted by Crippen LogP contribution is 2.42. The largest absolute Gasteiger partial charge is 0.378 e. The van der Waals surface area contributed by atoms with E-state index in [4.69, 9.17) is 0 Å². The molecule has 1 nitrogen and oxygen atoms in total. The van der Waals surface area contributed by atoms with E-state index >= 15 is 0 Å². The molecule has 0 spiro atoms. The minimum atomic E-state index is -0.660. The van der Waals surface area contributed by atoms with Crippen molar-refractivity contribution in [3.8, 4) is 0 Å². The fourth-order valence-electron chi connectivity index (χ4n) is 4.38. The molecular formula is C28H30NP. The maximum Gasteiger partial charge on any atom is 0.0368 e. The van der Waals surface area contributed by atoms with Gasteiger partial charge >= 0.3 is 0 Å². The van der Waals surface area contributed by atoms with Crippen molar-refractivity contribution in [3.05, 3.63) is 102 Å². The van der Waals surface area contributed by atoms with Crippen LogP contribution in [0.5, 0.6) is 0 Å². The monoisotopic (exact) mass is 411 g/mol. The molecule has 1 aliphatic rings. The maximum atomic E-state index is 2.42. The van der Waals surface area contributed by atoms with Gasteiger partial charge in [0, 0.05) is 25.7 Å². The third kappa shape index (κ3) is 3.87. The molecule has 0 aromatic heterocycles. The molecule has 3 aromatic carbocycles. The Morgan fingerprint density at radius 1 is 0.767 bits per heavy atom. The van der Waals surface area contributed by atoms with Gasteiger partial charge in [0.25, 0.3) is 0 Å². The van der Waals surface area contributed by atoms with Crippen molar-refractivity contribution in [2.24, 2.45) is 5.92 Å². The first-order chi connectivity index (χ1) is 14.5. The highest BCUT2D eigenvalue weighted by molar-refractivity contribution is 7.80. The fraction of sp³-hybridized carbons (Fsp3) is 0.214. The van der Waals surface area contributed by atoms with E-state index in [1.165, 1.54) is 43.9 Å². The van der Waals surface area contributed by atoms with E-state index in [0.717, 1.165) is 0 Å². The Bertz CT molecular complexity index is 1050. The van der Waals surface area contributed by atoms with Gasteiger partial charge in [-0.05, 0) is 66.5 Å². The first kappa shape index (κ1) is 20.6. The Morgan fingerprint density at radius 2 is 1.33 bits per heavy atom. The maximum absolute atomic E-state index is 2.42. The Kier molecular flexibility index (Phi) is 5.93. The zero-order valence-electron chi connectivity index (χ0n) is 18.6. The molecule has 0 heterocycles. The molecule has 0 saturated carbocycles. The van der Waals surface area contributed by atoms with Crippen molar-refractivity contribution in [3.63, 3.8) is 0 Å². The van der Waals surface area contributed by atoms with E-state index in [1.807, 2.05) is 0 Å². The number of rotatable bonds is 5. The second kappa shape index (κ2) is 8.62. The highest BCUT2D eigenvalue weighted by atomic mass is 31.1. The first-order valence-electron chi connectivity index (χ1n) is 10.6. The van der Waals surface area contributed by atoms with Crippen LogP contribution in [0, 0.1) is 5.92 Å². The molecule has 0 aliphatic heterocycles. The van der Waals surface area contributed by atoms with Crippen molar-refractivity contribution in [1.29, 1.82) is 0 Å². The molecule has 152 valence electrons. The zero-order valence-corrected chi connectivity index (χ0v) is 19.4. The molecular weight excluding hydrogens is 381 g/mol. The average molecular weight is 412 g/mol. The van der Waals surface area contributed by atoms with Crippen LogP contribution in [0.15, 0.2) is 96.1 Å². The number of anilines is 1. The van der Waals surface area contributed by atoms with Crippen LogP contribution >= 0.6 is 7.92 Å². The van der Waals surface area contributed by atoms with E-state index in [9.17, 15) is 0 Å². The summed E-state index contributed by atoms with van der Waals surface area (Å²) < 4.78 is 0. The molecule has 4 rings (SSSR count). The molecule has 0 fully saturated rings. The Morgan fingerprint density at radius 3 is 1.80 bits per heavy atom. The predicted molar refractivity (Wildman–Crippen MR) is 135 cm³/mol. The standard InChI is InChI=1S/C28H30NP/c1-20-18-21(2)28(22(20)3)26-17-16-23(29(4)5)19-27(26)30(24-12-8-6-9-13-24)25-14-10-7-11-15-25/h6-19,21H,1-5H3. The minimum Gasteiger partial charge on any atom is -0.378 e. The lowest BCUT2D eigenvalue weighted by molar-refractivity contribution is 0.976. The molecule has 1 atom stereocenters. The summed E-state index contributed by atoms with van der Waals surface area (Å²) in [5.74, 6) is 0.442. The predicted octanol–water partition coefficient (Wildman–Crippen LogP) is 5.88. The quantitative estimate of drug-likeness (QED) is 0.474. The van der Waals surface area contributed by atoms with Crippen molar-refractivity contribution in [2.45, 2.75) is 20.8 Å². The van der Waals surface area contributed by atoms with Gasteiger partial charge < -0.3 is 4.90 Å². The fourth-order valence-corrected chi connectivity index (χ4v) is 6.87. The molecule has 0 bridgehead atoms. The van der Waals surface area contributed by atoms with Crippen LogP contribution in [0.4, 0.5) is 5.69 Å². The first-order valence-corrected chi connectivity index (χ1v) is 11.9. The Labute approximate surface area is 182 Å². The molecule has 1 unspecified atom stereocenters. The van der Waals surface area contributed by atoms with E-state index in [1.54, 1.807) is 0 Å². The van der Waals surface area contributed by atoms with Crippen molar-refractivity contribution in [1.82, 2.24) is 0 Å². The van der Waals surface area contributed by atoms with E-state index in [2.05, 4.69) is 125 Å². The van der Waals surface area contributed by atoms with Crippen molar-refractivity contribution in [2.75, 3.05) is 19.0 Å². The third-order valence-electron chi connectivity index (χ3n) is 6.01. The molecule has 0 N–H and O–H groups in total. The number of hydrogen-bond donors (Lipinski definition) is 0. The topological polar surface area (TPSA) is 3.24 Å². The van der Waals surface area contributed by atoms with Crippen LogP contribution in [0.2, 0.25) is 0 Å². The van der Waals surface area contributed by atoms with Crippen LogP contribution in [-0.4, -0.2) is 14.1 Å². The molecule has 30 heavy (non-hydrogen) atoms. The molecule has 0 amide bonds. The summed E-state index contributed by atoms with van der Waals surface area (Å²) in [5, 5.41) is 4.23. The van der Waals surface area contributed by atoms with Gasteiger partial charge in [0.15, 0.2) is 0 Å². The summed E-state index contributed by atoms with van der Waals surface area (Å²) in [6, 6.07) is 29.1. The lowest BCUT2D eigenvalue weighted by atomic mass is 9.94. The van der Waals surface area contributed by atoms with Gasteiger partial charge in [0.05, 0.1) is 0 Å². The SMILES string of the molecule is CC1=CC(C)C(c2ccc(N(C)C)cc2P(c2ccccc2)c2ccccc2)=C1C. The van der Waals surface area contributed by atoms with Gasteiger partial charge in [0.1, 0.15) is 0 Å². The minimum absolute atomic E-state index is 0.442. The Hall–Kier alpha value is -2.63. The summed E-state index contributed by atoms with van der Waals surface area (Å²) in [4.78, 5) is 2.21. The number of hydrogen-bond acceptors (Lipinski definition) is 1.